The van der Waals surface area contributed by atoms with Crippen LogP contribution in [0.1, 0.15) is 33.6 Å². The Bertz CT molecular complexity index is 302. The lowest BCUT2D eigenvalue weighted by Crippen LogP contribution is -2.30. The van der Waals surface area contributed by atoms with Crippen LogP contribution in [0.4, 0.5) is 0 Å². The molecule has 0 N–H and O–H groups in total. The van der Waals surface area contributed by atoms with E-state index in [4.69, 9.17) is 5.26 Å². The normalized spacial score (nSPS) is 21.0. The molecule has 0 heterocycles. The Morgan fingerprint density at radius 1 is 1.33 bits per heavy atom. The van der Waals surface area contributed by atoms with Gasteiger partial charge in [-0.3, -0.25) is 0 Å². The van der Waals surface area contributed by atoms with E-state index in [1.165, 1.54) is 0 Å². The molecule has 82 valence electrons. The zero-order chi connectivity index (χ0) is 11.5. The average molecular weight is 221 g/mol. The van der Waals surface area contributed by atoms with Gasteiger partial charge < -0.3 is 0 Å². The zero-order valence-electron chi connectivity index (χ0n) is 10.1. The molecule has 1 atom stereocenters. The minimum atomic E-state index is -0.226. The second-order valence-electron chi connectivity index (χ2n) is 5.10. The third kappa shape index (κ3) is 2.70. The number of hydrogen-bond acceptors (Lipinski definition) is 1. The molecule has 0 aliphatic heterocycles. The summed E-state index contributed by atoms with van der Waals surface area (Å²) in [5, 5.41) is 9.30. The summed E-state index contributed by atoms with van der Waals surface area (Å²) in [6.07, 6.45) is 10.5. The van der Waals surface area contributed by atoms with Gasteiger partial charge in [-0.25, -0.2) is 0 Å². The molecule has 1 rings (SSSR count). The van der Waals surface area contributed by atoms with Gasteiger partial charge in [-0.15, -0.1) is 0 Å². The van der Waals surface area contributed by atoms with Crippen molar-refractivity contribution in [2.45, 2.75) is 43.9 Å². The molecule has 0 spiro atoms. The van der Waals surface area contributed by atoms with Gasteiger partial charge in [0.25, 0.3) is 0 Å². The molecule has 1 aliphatic carbocycles. The predicted octanol–water partition coefficient (Wildman–Crippen LogP) is 4.07. The smallest absolute Gasteiger partial charge is 0.0638 e. The average Bonchev–Trinajstić information content (AvgIpc) is 2.17. The first-order valence-corrected chi connectivity index (χ1v) is 7.17. The Morgan fingerprint density at radius 3 is 2.27 bits per heavy atom. The van der Waals surface area contributed by atoms with E-state index in [2.05, 4.69) is 57.8 Å². The zero-order valence-corrected chi connectivity index (χ0v) is 11.0. The largest absolute Gasteiger partial charge is 0.198 e. The topological polar surface area (TPSA) is 23.8 Å². The Morgan fingerprint density at radius 2 is 1.87 bits per heavy atom. The van der Waals surface area contributed by atoms with Gasteiger partial charge in [0, 0.05) is 5.16 Å². The van der Waals surface area contributed by atoms with Gasteiger partial charge in [-0.1, -0.05) is 53.0 Å². The lowest BCUT2D eigenvalue weighted by atomic mass is 9.99. The molecule has 2 heteroatoms. The van der Waals surface area contributed by atoms with E-state index >= 15 is 0 Å². The highest BCUT2D eigenvalue weighted by Crippen LogP contribution is 2.60. The summed E-state index contributed by atoms with van der Waals surface area (Å²) < 4.78 is 0. The van der Waals surface area contributed by atoms with Crippen molar-refractivity contribution < 1.29 is 0 Å². The summed E-state index contributed by atoms with van der Waals surface area (Å²) in [6.45, 7) is 9.13. The number of hydrogen-bond donors (Lipinski definition) is 0. The molecule has 15 heavy (non-hydrogen) atoms. The monoisotopic (exact) mass is 221 g/mol. The summed E-state index contributed by atoms with van der Waals surface area (Å²) >= 11 is 0. The summed E-state index contributed by atoms with van der Waals surface area (Å²) in [6, 6.07) is 2.34. The van der Waals surface area contributed by atoms with Crippen LogP contribution >= 0.6 is 7.92 Å². The minimum absolute atomic E-state index is 0.0145. The molecule has 0 bridgehead atoms. The standard InChI is InChI=1S/C13H20NP/c1-12(2,3)15(4)13(10-11-14)8-6-5-7-9-13/h6-9H,5,10H2,1-4H3. The van der Waals surface area contributed by atoms with E-state index in [1.807, 2.05) is 0 Å². The van der Waals surface area contributed by atoms with Crippen LogP contribution < -0.4 is 0 Å². The van der Waals surface area contributed by atoms with Crippen molar-refractivity contribution in [1.29, 1.82) is 5.26 Å². The molecular formula is C13H20NP. The minimum Gasteiger partial charge on any atom is -0.198 e. The van der Waals surface area contributed by atoms with Crippen LogP contribution in [-0.2, 0) is 0 Å². The first-order chi connectivity index (χ1) is 6.92. The Kier molecular flexibility index (Phi) is 3.74. The van der Waals surface area contributed by atoms with Crippen molar-refractivity contribution >= 4 is 7.92 Å². The van der Waals surface area contributed by atoms with Crippen LogP contribution in [0, 0.1) is 11.3 Å². The van der Waals surface area contributed by atoms with E-state index in [-0.39, 0.29) is 18.2 Å². The fourth-order valence-corrected chi connectivity index (χ4v) is 4.10. The quantitative estimate of drug-likeness (QED) is 0.509. The molecular weight excluding hydrogens is 201 g/mol. The van der Waals surface area contributed by atoms with Gasteiger partial charge >= 0.3 is 0 Å². The SMILES string of the molecule is CP(C(C)(C)C)C1(CC#N)C=CCC=C1. The van der Waals surface area contributed by atoms with Gasteiger partial charge in [0.1, 0.15) is 0 Å². The number of allylic oxidation sites excluding steroid dienone is 4. The number of nitrogens with zero attached hydrogens (tertiary/aromatic N) is 1. The first kappa shape index (κ1) is 12.5. The van der Waals surface area contributed by atoms with Crippen LogP contribution in [0.2, 0.25) is 0 Å². The van der Waals surface area contributed by atoms with Crippen molar-refractivity contribution in [3.8, 4) is 6.07 Å². The van der Waals surface area contributed by atoms with E-state index in [0.717, 1.165) is 6.42 Å². The lowest BCUT2D eigenvalue weighted by Gasteiger charge is -2.42. The van der Waals surface area contributed by atoms with Crippen molar-refractivity contribution in [1.82, 2.24) is 0 Å². The lowest BCUT2D eigenvalue weighted by molar-refractivity contribution is 0.744. The van der Waals surface area contributed by atoms with Crippen LogP contribution in [0.25, 0.3) is 0 Å². The summed E-state index contributed by atoms with van der Waals surface area (Å²) in [5.41, 5.74) is 0. The highest BCUT2D eigenvalue weighted by atomic mass is 31.1. The molecule has 0 amide bonds. The van der Waals surface area contributed by atoms with E-state index in [0.29, 0.717) is 6.42 Å². The third-order valence-corrected chi connectivity index (χ3v) is 6.80. The van der Waals surface area contributed by atoms with Crippen LogP contribution in [0.5, 0.6) is 0 Å². The summed E-state index contributed by atoms with van der Waals surface area (Å²) in [7, 11) is -0.226. The van der Waals surface area contributed by atoms with Gasteiger partial charge in [-0.2, -0.15) is 5.26 Å². The molecule has 1 aliphatic rings. The second-order valence-corrected chi connectivity index (χ2v) is 8.39. The van der Waals surface area contributed by atoms with Gasteiger partial charge in [-0.05, 0) is 18.2 Å². The molecule has 0 saturated heterocycles. The number of rotatable bonds is 2. The molecule has 1 nitrogen and oxygen atoms in total. The molecule has 0 radical (unpaired) electrons. The summed E-state index contributed by atoms with van der Waals surface area (Å²) in [4.78, 5) is 0. The molecule has 0 aromatic carbocycles. The molecule has 0 fully saturated rings. The number of nitriles is 1. The van der Waals surface area contributed by atoms with Crippen molar-refractivity contribution in [2.24, 2.45) is 0 Å². The Labute approximate surface area is 94.6 Å². The van der Waals surface area contributed by atoms with E-state index in [1.54, 1.807) is 0 Å². The summed E-state index contributed by atoms with van der Waals surface area (Å²) in [5.74, 6) is 0. The van der Waals surface area contributed by atoms with Crippen LogP contribution in [0.3, 0.4) is 0 Å². The third-order valence-electron chi connectivity index (χ3n) is 3.08. The fourth-order valence-electron chi connectivity index (χ4n) is 1.89. The van der Waals surface area contributed by atoms with Crippen molar-refractivity contribution in [2.75, 3.05) is 6.66 Å². The second kappa shape index (κ2) is 4.50. The van der Waals surface area contributed by atoms with Gasteiger partial charge in [0.15, 0.2) is 0 Å². The van der Waals surface area contributed by atoms with Crippen molar-refractivity contribution in [3.63, 3.8) is 0 Å². The fraction of sp³-hybridized carbons (Fsp3) is 0.615. The van der Waals surface area contributed by atoms with Crippen molar-refractivity contribution in [3.05, 3.63) is 24.3 Å². The molecule has 0 aromatic rings. The van der Waals surface area contributed by atoms with Gasteiger partial charge in [0.05, 0.1) is 12.5 Å². The Balaban J connectivity index is 3.02. The highest BCUT2D eigenvalue weighted by molar-refractivity contribution is 7.60. The highest BCUT2D eigenvalue weighted by Gasteiger charge is 2.38. The maximum absolute atomic E-state index is 8.99. The predicted molar refractivity (Wildman–Crippen MR) is 68.5 cm³/mol. The van der Waals surface area contributed by atoms with Crippen LogP contribution in [0.15, 0.2) is 24.3 Å². The maximum Gasteiger partial charge on any atom is 0.0638 e. The maximum atomic E-state index is 8.99. The van der Waals surface area contributed by atoms with Crippen LogP contribution in [-0.4, -0.2) is 17.0 Å². The first-order valence-electron chi connectivity index (χ1n) is 5.39. The Hall–Kier alpha value is -0.600. The van der Waals surface area contributed by atoms with E-state index < -0.39 is 0 Å². The molecule has 1 unspecified atom stereocenters. The molecule has 0 saturated carbocycles. The molecule has 0 aromatic heterocycles. The van der Waals surface area contributed by atoms with E-state index in [9.17, 15) is 0 Å². The van der Waals surface area contributed by atoms with Gasteiger partial charge in [0.2, 0.25) is 0 Å².